The molecular weight excluding hydrogens is 408 g/mol. The van der Waals surface area contributed by atoms with Crippen LogP contribution in [0.2, 0.25) is 0 Å². The van der Waals surface area contributed by atoms with Gasteiger partial charge in [-0.2, -0.15) is 0 Å². The average molecular weight is 439 g/mol. The largest absolute Gasteiger partial charge is 0.493 e. The van der Waals surface area contributed by atoms with Gasteiger partial charge in [-0.25, -0.2) is 4.79 Å². The molecule has 0 spiro atoms. The summed E-state index contributed by atoms with van der Waals surface area (Å²) in [6, 6.07) is 4.78. The third-order valence-corrected chi connectivity index (χ3v) is 7.45. The maximum atomic E-state index is 12.6. The van der Waals surface area contributed by atoms with Crippen molar-refractivity contribution in [2.45, 2.75) is 33.6 Å². The molecule has 4 rings (SSSR count). The lowest BCUT2D eigenvalue weighted by molar-refractivity contribution is -0.131. The van der Waals surface area contributed by atoms with E-state index in [4.69, 9.17) is 18.6 Å². The third kappa shape index (κ3) is 3.33. The highest BCUT2D eigenvalue weighted by molar-refractivity contribution is 5.95. The first-order valence-corrected chi connectivity index (χ1v) is 10.9. The van der Waals surface area contributed by atoms with Gasteiger partial charge in [-0.05, 0) is 42.4 Å². The first-order valence-electron chi connectivity index (χ1n) is 10.9. The summed E-state index contributed by atoms with van der Waals surface area (Å²) < 4.78 is 22.9. The fraction of sp³-hybridized carbons (Fsp3) is 0.462. The molecule has 0 unspecified atom stereocenters. The molecule has 0 radical (unpaired) electrons. The zero-order valence-corrected chi connectivity index (χ0v) is 19.3. The number of benzene rings is 1. The zero-order chi connectivity index (χ0) is 23.3. The van der Waals surface area contributed by atoms with Crippen molar-refractivity contribution >= 4 is 16.8 Å². The molecule has 3 atom stereocenters. The van der Waals surface area contributed by atoms with Gasteiger partial charge in [0.15, 0.2) is 17.1 Å². The summed E-state index contributed by atoms with van der Waals surface area (Å²) in [7, 11) is 3.06. The summed E-state index contributed by atoms with van der Waals surface area (Å²) >= 11 is 0. The second-order valence-corrected chi connectivity index (χ2v) is 9.51. The van der Waals surface area contributed by atoms with E-state index in [1.165, 1.54) is 13.2 Å². The van der Waals surface area contributed by atoms with E-state index in [0.717, 1.165) is 18.4 Å². The second-order valence-electron chi connectivity index (χ2n) is 9.51. The van der Waals surface area contributed by atoms with Crippen molar-refractivity contribution in [2.24, 2.45) is 22.7 Å². The number of allylic oxidation sites excluding steroid dienone is 2. The van der Waals surface area contributed by atoms with Crippen molar-refractivity contribution in [2.75, 3.05) is 20.8 Å². The molecule has 1 heterocycles. The molecule has 1 aromatic heterocycles. The maximum absolute atomic E-state index is 12.6. The molecule has 6 nitrogen and oxygen atoms in total. The summed E-state index contributed by atoms with van der Waals surface area (Å²) in [5.74, 6) is 1.53. The molecule has 0 bridgehead atoms. The van der Waals surface area contributed by atoms with Gasteiger partial charge in [0.05, 0.1) is 20.8 Å². The summed E-state index contributed by atoms with van der Waals surface area (Å²) in [4.78, 5) is 24.4. The van der Waals surface area contributed by atoms with E-state index >= 15 is 0 Å². The van der Waals surface area contributed by atoms with Gasteiger partial charge in [-0.3, -0.25) is 4.79 Å². The molecule has 1 saturated carbocycles. The van der Waals surface area contributed by atoms with E-state index < -0.39 is 11.0 Å². The summed E-state index contributed by atoms with van der Waals surface area (Å²) in [5.41, 5.74) is 0.235. The Labute approximate surface area is 187 Å². The van der Waals surface area contributed by atoms with Crippen LogP contribution in [0.5, 0.6) is 17.2 Å². The topological polar surface area (TPSA) is 75.0 Å². The summed E-state index contributed by atoms with van der Waals surface area (Å²) in [5, 5.41) is 0.676. The number of ether oxygens (including phenoxy) is 3. The molecule has 32 heavy (non-hydrogen) atoms. The van der Waals surface area contributed by atoms with E-state index in [1.807, 2.05) is 19.9 Å². The fourth-order valence-electron chi connectivity index (χ4n) is 5.59. The molecule has 0 amide bonds. The van der Waals surface area contributed by atoms with Crippen LogP contribution in [0.1, 0.15) is 33.6 Å². The van der Waals surface area contributed by atoms with Crippen LogP contribution >= 0.6 is 0 Å². The molecule has 2 aliphatic rings. The third-order valence-electron chi connectivity index (χ3n) is 7.45. The monoisotopic (exact) mass is 438 g/mol. The lowest BCUT2D eigenvalue weighted by Gasteiger charge is -2.54. The minimum Gasteiger partial charge on any atom is -0.493 e. The Morgan fingerprint density at radius 1 is 1.12 bits per heavy atom. The highest BCUT2D eigenvalue weighted by Crippen LogP contribution is 2.57. The zero-order valence-electron chi connectivity index (χ0n) is 19.3. The Bertz CT molecular complexity index is 1170. The molecular formula is C26H30O6. The van der Waals surface area contributed by atoms with Gasteiger partial charge >= 0.3 is 5.63 Å². The number of methoxy groups -OCH3 is 2. The van der Waals surface area contributed by atoms with Gasteiger partial charge in [0.2, 0.25) is 11.5 Å². The van der Waals surface area contributed by atoms with Crippen molar-refractivity contribution in [1.29, 1.82) is 0 Å². The van der Waals surface area contributed by atoms with Gasteiger partial charge in [0.1, 0.15) is 0 Å². The summed E-state index contributed by atoms with van der Waals surface area (Å²) in [6.07, 6.45) is 5.52. The Hall–Kier alpha value is -3.02. The molecule has 0 saturated heterocycles. The van der Waals surface area contributed by atoms with Crippen LogP contribution in [-0.2, 0) is 4.79 Å². The maximum Gasteiger partial charge on any atom is 0.336 e. The molecule has 2 aromatic rings. The molecule has 170 valence electrons. The first kappa shape index (κ1) is 22.2. The Morgan fingerprint density at radius 3 is 2.56 bits per heavy atom. The van der Waals surface area contributed by atoms with Crippen LogP contribution in [0.4, 0.5) is 0 Å². The number of rotatable bonds is 5. The smallest absolute Gasteiger partial charge is 0.336 e. The number of hydrogen-bond donors (Lipinski definition) is 0. The predicted molar refractivity (Wildman–Crippen MR) is 122 cm³/mol. The highest BCUT2D eigenvalue weighted by atomic mass is 16.5. The molecule has 0 N–H and O–H groups in total. The molecule has 6 heteroatoms. The number of ketones is 1. The molecule has 1 fully saturated rings. The van der Waals surface area contributed by atoms with Gasteiger partial charge in [-0.15, -0.1) is 0 Å². The molecule has 0 aliphatic heterocycles. The van der Waals surface area contributed by atoms with E-state index in [0.29, 0.717) is 34.8 Å². The van der Waals surface area contributed by atoms with E-state index in [9.17, 15) is 9.59 Å². The summed E-state index contributed by atoms with van der Waals surface area (Å²) in [6.45, 7) is 10.9. The predicted octanol–water partition coefficient (Wildman–Crippen LogP) is 4.94. The highest BCUT2D eigenvalue weighted by Gasteiger charge is 2.54. The van der Waals surface area contributed by atoms with Crippen molar-refractivity contribution in [1.82, 2.24) is 0 Å². The minimum absolute atomic E-state index is 0.00207. The Kier molecular flexibility index (Phi) is 5.43. The van der Waals surface area contributed by atoms with E-state index in [2.05, 4.69) is 13.5 Å². The average Bonchev–Trinajstić information content (AvgIpc) is 2.75. The van der Waals surface area contributed by atoms with Crippen molar-refractivity contribution < 1.29 is 23.4 Å². The van der Waals surface area contributed by atoms with Crippen molar-refractivity contribution in [3.63, 3.8) is 0 Å². The van der Waals surface area contributed by atoms with Crippen LogP contribution in [0, 0.1) is 22.7 Å². The van der Waals surface area contributed by atoms with Crippen LogP contribution in [0.15, 0.2) is 51.7 Å². The van der Waals surface area contributed by atoms with Crippen LogP contribution in [0.3, 0.4) is 0 Å². The van der Waals surface area contributed by atoms with E-state index in [1.54, 1.807) is 25.3 Å². The van der Waals surface area contributed by atoms with Gasteiger partial charge in [-0.1, -0.05) is 39.0 Å². The van der Waals surface area contributed by atoms with Crippen LogP contribution in [0.25, 0.3) is 11.0 Å². The van der Waals surface area contributed by atoms with Crippen molar-refractivity contribution in [3.8, 4) is 17.2 Å². The Balaban J connectivity index is 1.74. The van der Waals surface area contributed by atoms with Crippen molar-refractivity contribution in [3.05, 3.63) is 52.9 Å². The number of hydrogen-bond acceptors (Lipinski definition) is 6. The van der Waals surface area contributed by atoms with Gasteiger partial charge < -0.3 is 18.6 Å². The van der Waals surface area contributed by atoms with Gasteiger partial charge in [0.25, 0.3) is 0 Å². The lowest BCUT2D eigenvalue weighted by Crippen LogP contribution is -2.52. The fourth-order valence-corrected chi connectivity index (χ4v) is 5.59. The second kappa shape index (κ2) is 7.84. The standard InChI is InChI=1S/C26H30O6/c1-15-7-9-19-25(2,3)20(27)11-12-26(19,4)17(15)14-31-23-18(29-5)13-16-8-10-21(28)32-22(16)24(23)30-6/h8,10-13,17,19H,1,7,9,14H2,2-6H3/t17-,19+,26-/m0/s1. The number of fused-ring (bicyclic) bond motifs is 2. The minimum atomic E-state index is -0.470. The molecule has 1 aromatic carbocycles. The number of carbonyl (C=O) groups is 1. The quantitative estimate of drug-likeness (QED) is 0.486. The SMILES string of the molecule is C=C1CC[C@@H]2C(C)(C)C(=O)C=C[C@@]2(C)[C@H]1COc1c(OC)cc2ccc(=O)oc2c1OC. The lowest BCUT2D eigenvalue weighted by atomic mass is 9.50. The molecule has 2 aliphatic carbocycles. The Morgan fingerprint density at radius 2 is 1.88 bits per heavy atom. The number of carbonyl (C=O) groups excluding carboxylic acids is 1. The first-order chi connectivity index (χ1) is 15.1. The van der Waals surface area contributed by atoms with Gasteiger partial charge in [0, 0.05) is 22.8 Å². The van der Waals surface area contributed by atoms with Crippen LogP contribution in [-0.4, -0.2) is 26.6 Å². The van der Waals surface area contributed by atoms with Crippen LogP contribution < -0.4 is 19.8 Å². The van der Waals surface area contributed by atoms with E-state index in [-0.39, 0.29) is 23.0 Å². The normalized spacial score (nSPS) is 26.7.